The molecule has 1 saturated heterocycles. The molecule has 13 heteroatoms. The van der Waals surface area contributed by atoms with Crippen molar-refractivity contribution < 1.29 is 26.9 Å². The molecule has 1 amide bonds. The molecule has 0 radical (unpaired) electrons. The van der Waals surface area contributed by atoms with Crippen LogP contribution >= 0.6 is 0 Å². The number of aliphatic imine (C=N–C) groups is 1. The first-order valence-electron chi connectivity index (χ1n) is 12.9. The first-order valence-corrected chi connectivity index (χ1v) is 12.9. The second-order valence-corrected chi connectivity index (χ2v) is 10.2. The first kappa shape index (κ1) is 27.6. The maximum atomic E-state index is 14.6. The number of rotatable bonds is 7. The second-order valence-electron chi connectivity index (χ2n) is 10.2. The third kappa shape index (κ3) is 5.93. The van der Waals surface area contributed by atoms with Crippen molar-refractivity contribution in [2.24, 2.45) is 4.99 Å². The van der Waals surface area contributed by atoms with Gasteiger partial charge < -0.3 is 23.9 Å². The predicted octanol–water partition coefficient (Wildman–Crippen LogP) is 5.31. The minimum Gasteiger partial charge on any atom is -0.351 e. The van der Waals surface area contributed by atoms with Crippen molar-refractivity contribution in [3.05, 3.63) is 54.2 Å². The van der Waals surface area contributed by atoms with Crippen LogP contribution in [0.2, 0.25) is 0 Å². The van der Waals surface area contributed by atoms with Gasteiger partial charge in [0.2, 0.25) is 11.7 Å². The van der Waals surface area contributed by atoms with Crippen molar-refractivity contribution in [1.29, 1.82) is 0 Å². The van der Waals surface area contributed by atoms with E-state index in [1.54, 1.807) is 36.7 Å². The van der Waals surface area contributed by atoms with Crippen LogP contribution in [-0.2, 0) is 13.1 Å². The number of carbonyl (C=O) groups is 1. The number of nitrogens with zero attached hydrogens (tertiary/aromatic N) is 6. The molecule has 1 aliphatic rings. The third-order valence-corrected chi connectivity index (χ3v) is 6.78. The molecular formula is C27H29F4N7O2. The Bertz CT molecular complexity index is 1550. The molecule has 40 heavy (non-hydrogen) atoms. The van der Waals surface area contributed by atoms with Gasteiger partial charge in [-0.1, -0.05) is 11.2 Å². The van der Waals surface area contributed by atoms with Gasteiger partial charge in [-0.2, -0.15) is 18.2 Å². The minimum atomic E-state index is -4.53. The van der Waals surface area contributed by atoms with Crippen molar-refractivity contribution in [2.45, 2.75) is 51.7 Å². The van der Waals surface area contributed by atoms with Crippen molar-refractivity contribution >= 4 is 28.2 Å². The summed E-state index contributed by atoms with van der Waals surface area (Å²) >= 11 is 0. The van der Waals surface area contributed by atoms with E-state index < -0.39 is 18.9 Å². The van der Waals surface area contributed by atoms with Crippen LogP contribution < -0.4 is 5.32 Å². The van der Waals surface area contributed by atoms with Gasteiger partial charge in [-0.05, 0) is 45.2 Å². The van der Waals surface area contributed by atoms with Gasteiger partial charge in [0.25, 0.3) is 5.91 Å². The van der Waals surface area contributed by atoms with Gasteiger partial charge in [0.1, 0.15) is 6.54 Å². The molecule has 4 aromatic rings. The van der Waals surface area contributed by atoms with Gasteiger partial charge >= 0.3 is 6.18 Å². The zero-order chi connectivity index (χ0) is 28.6. The number of aromatic nitrogens is 4. The van der Waals surface area contributed by atoms with Crippen molar-refractivity contribution in [3.8, 4) is 11.5 Å². The Labute approximate surface area is 227 Å². The van der Waals surface area contributed by atoms with E-state index in [-0.39, 0.29) is 48.0 Å². The lowest BCUT2D eigenvalue weighted by atomic mass is 10.1. The maximum absolute atomic E-state index is 14.6. The van der Waals surface area contributed by atoms with Crippen LogP contribution in [0, 0.1) is 0 Å². The first-order chi connectivity index (χ1) is 19.0. The number of alkyl halides is 4. The smallest absolute Gasteiger partial charge is 0.351 e. The van der Waals surface area contributed by atoms with Gasteiger partial charge in [0.15, 0.2) is 6.17 Å². The molecule has 4 heterocycles. The lowest BCUT2D eigenvalue weighted by Gasteiger charge is -2.26. The summed E-state index contributed by atoms with van der Waals surface area (Å²) in [4.78, 5) is 23.1. The Morgan fingerprint density at radius 3 is 2.77 bits per heavy atom. The van der Waals surface area contributed by atoms with Crippen LogP contribution in [0.4, 0.5) is 23.2 Å². The van der Waals surface area contributed by atoms with Gasteiger partial charge in [-0.3, -0.25) is 9.79 Å². The van der Waals surface area contributed by atoms with Crippen LogP contribution in [0.3, 0.4) is 0 Å². The number of hydrogen-bond donors (Lipinski definition) is 1. The Balaban J connectivity index is 1.44. The van der Waals surface area contributed by atoms with Gasteiger partial charge in [-0.15, -0.1) is 0 Å². The van der Waals surface area contributed by atoms with Crippen LogP contribution in [0.5, 0.6) is 0 Å². The summed E-state index contributed by atoms with van der Waals surface area (Å²) in [6.07, 6.45) is -1.86. The lowest BCUT2D eigenvalue weighted by Crippen LogP contribution is -2.39. The quantitative estimate of drug-likeness (QED) is 0.310. The van der Waals surface area contributed by atoms with E-state index >= 15 is 0 Å². The number of fused-ring (bicyclic) bond motifs is 1. The molecule has 0 saturated carbocycles. The Hall–Kier alpha value is -4.00. The summed E-state index contributed by atoms with van der Waals surface area (Å²) in [7, 11) is 1.82. The van der Waals surface area contributed by atoms with Gasteiger partial charge in [0, 0.05) is 43.3 Å². The largest absolute Gasteiger partial charge is 0.406 e. The summed E-state index contributed by atoms with van der Waals surface area (Å²) in [5, 5.41) is 6.98. The molecule has 212 valence electrons. The van der Waals surface area contributed by atoms with E-state index in [1.165, 1.54) is 6.07 Å². The molecule has 0 spiro atoms. The average Bonchev–Trinajstić information content (AvgIpc) is 3.63. The topological polar surface area (TPSA) is 93.5 Å². The normalized spacial score (nSPS) is 17.8. The van der Waals surface area contributed by atoms with E-state index in [9.17, 15) is 22.4 Å². The zero-order valence-corrected chi connectivity index (χ0v) is 22.2. The molecular weight excluding hydrogens is 530 g/mol. The maximum Gasteiger partial charge on any atom is 0.406 e. The van der Waals surface area contributed by atoms with Crippen LogP contribution in [-0.4, -0.2) is 68.3 Å². The lowest BCUT2D eigenvalue weighted by molar-refractivity contribution is -0.139. The fourth-order valence-corrected chi connectivity index (χ4v) is 4.67. The van der Waals surface area contributed by atoms with E-state index in [1.807, 2.05) is 30.4 Å². The monoisotopic (exact) mass is 559 g/mol. The SMILES string of the molecule is CC(C)n1ccc(C(=O)NCc2nc(-c3cc4c(/N=C5\CCN(C)C[C@@H]5F)cccc4n3CC(F)(F)F)no2)c1. The number of nitrogens with one attached hydrogen (secondary N) is 1. The highest BCUT2D eigenvalue weighted by Gasteiger charge is 2.31. The number of carbonyl (C=O) groups excluding carboxylic acids is 1. The summed E-state index contributed by atoms with van der Waals surface area (Å²) in [6, 6.07) is 8.15. The molecule has 1 fully saturated rings. The third-order valence-electron chi connectivity index (χ3n) is 6.78. The van der Waals surface area contributed by atoms with E-state index in [0.717, 1.165) is 4.57 Å². The van der Waals surface area contributed by atoms with Gasteiger partial charge in [-0.25, -0.2) is 4.39 Å². The van der Waals surface area contributed by atoms with Gasteiger partial charge in [0.05, 0.1) is 34.7 Å². The fourth-order valence-electron chi connectivity index (χ4n) is 4.67. The number of hydrogen-bond acceptors (Lipinski definition) is 6. The Morgan fingerprint density at radius 2 is 2.08 bits per heavy atom. The summed E-state index contributed by atoms with van der Waals surface area (Å²) < 4.78 is 63.7. The van der Waals surface area contributed by atoms with Crippen LogP contribution in [0.15, 0.2) is 52.2 Å². The molecule has 1 aromatic carbocycles. The van der Waals surface area contributed by atoms with E-state index in [0.29, 0.717) is 35.3 Å². The highest BCUT2D eigenvalue weighted by molar-refractivity contribution is 5.99. The molecule has 1 atom stereocenters. The zero-order valence-electron chi connectivity index (χ0n) is 22.2. The summed E-state index contributed by atoms with van der Waals surface area (Å²) in [5.74, 6) is -0.395. The van der Waals surface area contributed by atoms with Crippen LogP contribution in [0.25, 0.3) is 22.4 Å². The number of amides is 1. The molecule has 0 bridgehead atoms. The summed E-state index contributed by atoms with van der Waals surface area (Å²) in [6.45, 7) is 3.42. The standard InChI is InChI=1S/C27H29F4N7O2/c1-16(2)37-10-7-17(13-37)26(39)32-12-24-34-25(35-40-24)23-11-18-20(33-21-8-9-36(3)14-19(21)28)5-4-6-22(18)38(23)15-27(29,30)31/h4-7,10-11,13,16,19H,8-9,12,14-15H2,1-3H3,(H,32,39)/b33-21+/t19-/m0/s1. The Kier molecular flexibility index (Phi) is 7.49. The summed E-state index contributed by atoms with van der Waals surface area (Å²) in [5.41, 5.74) is 1.50. The number of benzene rings is 1. The predicted molar refractivity (Wildman–Crippen MR) is 141 cm³/mol. The van der Waals surface area contributed by atoms with Crippen molar-refractivity contribution in [2.75, 3.05) is 20.1 Å². The molecule has 0 aliphatic carbocycles. The molecule has 3 aromatic heterocycles. The van der Waals surface area contributed by atoms with Crippen LogP contribution in [0.1, 0.15) is 42.6 Å². The van der Waals surface area contributed by atoms with E-state index in [4.69, 9.17) is 4.52 Å². The molecule has 1 N–H and O–H groups in total. The van der Waals surface area contributed by atoms with Crippen molar-refractivity contribution in [1.82, 2.24) is 29.5 Å². The average molecular weight is 560 g/mol. The molecule has 9 nitrogen and oxygen atoms in total. The second kappa shape index (κ2) is 10.9. The van der Waals surface area contributed by atoms with Crippen molar-refractivity contribution in [3.63, 3.8) is 0 Å². The highest BCUT2D eigenvalue weighted by Crippen LogP contribution is 2.35. The fraction of sp³-hybridized carbons (Fsp3) is 0.407. The highest BCUT2D eigenvalue weighted by atomic mass is 19.4. The van der Waals surface area contributed by atoms with E-state index in [2.05, 4.69) is 20.4 Å². The number of piperidine rings is 1. The minimum absolute atomic E-state index is 0.0301. The molecule has 5 rings (SSSR count). The number of likely N-dealkylation sites (tertiary alicyclic amines) is 1. The number of halogens is 4. The molecule has 0 unspecified atom stereocenters. The Morgan fingerprint density at radius 1 is 1.27 bits per heavy atom. The molecule has 1 aliphatic heterocycles.